The van der Waals surface area contributed by atoms with Gasteiger partial charge in [0.25, 0.3) is 11.4 Å². The Morgan fingerprint density at radius 1 is 1.11 bits per heavy atom. The lowest BCUT2D eigenvalue weighted by Crippen LogP contribution is -2.04. The van der Waals surface area contributed by atoms with Crippen molar-refractivity contribution in [2.45, 2.75) is 13.5 Å². The zero-order valence-electron chi connectivity index (χ0n) is 14.6. The molecule has 3 rings (SSSR count). The van der Waals surface area contributed by atoms with Crippen LogP contribution in [0.3, 0.4) is 0 Å². The Morgan fingerprint density at radius 2 is 1.89 bits per heavy atom. The fourth-order valence-electron chi connectivity index (χ4n) is 2.86. The Labute approximate surface area is 153 Å². The average Bonchev–Trinajstić information content (AvgIpc) is 2.64. The van der Waals surface area contributed by atoms with E-state index in [9.17, 15) is 20.2 Å². The number of nitro benzene ring substituents is 2. The summed E-state index contributed by atoms with van der Waals surface area (Å²) in [5.74, 6) is 0.508. The predicted octanol–water partition coefficient (Wildman–Crippen LogP) is 3.98. The van der Waals surface area contributed by atoms with Crippen LogP contribution < -0.4 is 10.1 Å². The van der Waals surface area contributed by atoms with Crippen molar-refractivity contribution < 1.29 is 14.6 Å². The summed E-state index contributed by atoms with van der Waals surface area (Å²) in [4.78, 5) is 25.6. The molecule has 0 aliphatic carbocycles. The minimum atomic E-state index is -0.474. The van der Waals surface area contributed by atoms with Crippen molar-refractivity contribution in [1.29, 1.82) is 0 Å². The highest BCUT2D eigenvalue weighted by atomic mass is 16.6. The van der Waals surface area contributed by atoms with Crippen molar-refractivity contribution in [3.8, 4) is 5.75 Å². The molecule has 0 saturated heterocycles. The number of hydrogen-bond acceptors (Lipinski definition) is 7. The van der Waals surface area contributed by atoms with Crippen LogP contribution in [-0.2, 0) is 6.54 Å². The van der Waals surface area contributed by atoms with Crippen LogP contribution in [-0.4, -0.2) is 21.9 Å². The van der Waals surface area contributed by atoms with Crippen molar-refractivity contribution in [2.75, 3.05) is 12.4 Å². The SMILES string of the molecule is COc1ccc([N+](=O)[O-])cc1CNc1cc(C)nc2c([N+](=O)[O-])cccc12. The molecule has 138 valence electrons. The van der Waals surface area contributed by atoms with Gasteiger partial charge in [0.05, 0.1) is 17.0 Å². The molecule has 0 bridgehead atoms. The Hall–Kier alpha value is -3.75. The third-order valence-electron chi connectivity index (χ3n) is 4.09. The number of fused-ring (bicyclic) bond motifs is 1. The monoisotopic (exact) mass is 368 g/mol. The van der Waals surface area contributed by atoms with Gasteiger partial charge in [-0.3, -0.25) is 20.2 Å². The number of nitrogens with zero attached hydrogens (tertiary/aromatic N) is 3. The molecule has 0 atom stereocenters. The summed E-state index contributed by atoms with van der Waals surface area (Å²) in [6.07, 6.45) is 0. The molecule has 27 heavy (non-hydrogen) atoms. The number of nitro groups is 2. The maximum absolute atomic E-state index is 11.3. The fraction of sp³-hybridized carbons (Fsp3) is 0.167. The second kappa shape index (κ2) is 7.24. The van der Waals surface area contributed by atoms with E-state index in [1.165, 1.54) is 31.4 Å². The van der Waals surface area contributed by atoms with Gasteiger partial charge in [0, 0.05) is 47.1 Å². The van der Waals surface area contributed by atoms with E-state index in [2.05, 4.69) is 10.3 Å². The third-order valence-corrected chi connectivity index (χ3v) is 4.09. The van der Waals surface area contributed by atoms with Gasteiger partial charge in [0.1, 0.15) is 5.75 Å². The van der Waals surface area contributed by atoms with Crippen LogP contribution in [0.5, 0.6) is 5.75 Å². The minimum Gasteiger partial charge on any atom is -0.496 e. The van der Waals surface area contributed by atoms with Crippen molar-refractivity contribution in [3.63, 3.8) is 0 Å². The highest BCUT2D eigenvalue weighted by Crippen LogP contribution is 2.31. The first-order valence-electron chi connectivity index (χ1n) is 8.00. The molecule has 9 heteroatoms. The summed E-state index contributed by atoms with van der Waals surface area (Å²) >= 11 is 0. The third kappa shape index (κ3) is 3.61. The van der Waals surface area contributed by atoms with Crippen LogP contribution in [0.15, 0.2) is 42.5 Å². The number of benzene rings is 2. The first-order valence-corrected chi connectivity index (χ1v) is 8.00. The fourth-order valence-corrected chi connectivity index (χ4v) is 2.86. The van der Waals surface area contributed by atoms with Crippen LogP contribution in [0.2, 0.25) is 0 Å². The van der Waals surface area contributed by atoms with E-state index in [0.717, 1.165) is 0 Å². The molecule has 0 aliphatic heterocycles. The summed E-state index contributed by atoms with van der Waals surface area (Å²) in [6.45, 7) is 1.99. The van der Waals surface area contributed by atoms with Crippen LogP contribution in [0.4, 0.5) is 17.1 Å². The van der Waals surface area contributed by atoms with Gasteiger partial charge in [-0.2, -0.15) is 0 Å². The van der Waals surface area contributed by atoms with Gasteiger partial charge in [-0.1, -0.05) is 12.1 Å². The van der Waals surface area contributed by atoms with Crippen molar-refractivity contribution >= 4 is 28.0 Å². The Balaban J connectivity index is 2.01. The van der Waals surface area contributed by atoms with Crippen LogP contribution in [0.1, 0.15) is 11.3 Å². The van der Waals surface area contributed by atoms with E-state index < -0.39 is 9.85 Å². The second-order valence-corrected chi connectivity index (χ2v) is 5.85. The first kappa shape index (κ1) is 18.1. The Morgan fingerprint density at radius 3 is 2.56 bits per heavy atom. The van der Waals surface area contributed by atoms with Gasteiger partial charge >= 0.3 is 0 Å². The summed E-state index contributed by atoms with van der Waals surface area (Å²) < 4.78 is 5.27. The smallest absolute Gasteiger partial charge is 0.295 e. The molecule has 0 saturated carbocycles. The Bertz CT molecular complexity index is 1050. The molecule has 3 aromatic rings. The largest absolute Gasteiger partial charge is 0.496 e. The number of methoxy groups -OCH3 is 1. The van der Waals surface area contributed by atoms with Gasteiger partial charge in [0.15, 0.2) is 5.52 Å². The number of hydrogen-bond donors (Lipinski definition) is 1. The molecule has 1 aromatic heterocycles. The number of non-ortho nitro benzene ring substituents is 2. The number of rotatable bonds is 6. The number of para-hydroxylation sites is 1. The molecule has 9 nitrogen and oxygen atoms in total. The van der Waals surface area contributed by atoms with E-state index in [4.69, 9.17) is 4.74 Å². The molecule has 0 spiro atoms. The van der Waals surface area contributed by atoms with Gasteiger partial charge in [-0.15, -0.1) is 0 Å². The molecule has 1 heterocycles. The Kier molecular flexibility index (Phi) is 4.84. The molecule has 0 radical (unpaired) electrons. The minimum absolute atomic E-state index is 0.0426. The molecular weight excluding hydrogens is 352 g/mol. The van der Waals surface area contributed by atoms with Gasteiger partial charge in [0.2, 0.25) is 0 Å². The zero-order chi connectivity index (χ0) is 19.6. The number of pyridine rings is 1. The second-order valence-electron chi connectivity index (χ2n) is 5.85. The zero-order valence-corrected chi connectivity index (χ0v) is 14.6. The van der Waals surface area contributed by atoms with Gasteiger partial charge in [-0.05, 0) is 19.1 Å². The van der Waals surface area contributed by atoms with E-state index >= 15 is 0 Å². The van der Waals surface area contributed by atoms with E-state index in [0.29, 0.717) is 28.1 Å². The van der Waals surface area contributed by atoms with Crippen molar-refractivity contribution in [3.05, 3.63) is 74.0 Å². The molecule has 1 N–H and O–H groups in total. The van der Waals surface area contributed by atoms with Crippen molar-refractivity contribution in [1.82, 2.24) is 4.98 Å². The normalized spacial score (nSPS) is 10.6. The topological polar surface area (TPSA) is 120 Å². The number of aryl methyl sites for hydroxylation is 1. The summed E-state index contributed by atoms with van der Waals surface area (Å²) in [5.41, 5.74) is 2.03. The van der Waals surface area contributed by atoms with Crippen molar-refractivity contribution in [2.24, 2.45) is 0 Å². The predicted molar refractivity (Wildman–Crippen MR) is 100 cm³/mol. The van der Waals surface area contributed by atoms with Gasteiger partial charge < -0.3 is 10.1 Å². The molecule has 2 aromatic carbocycles. The standard InChI is InChI=1S/C18H16N4O5/c1-11-8-15(14-4-3-5-16(22(25)26)18(14)20-11)19-10-12-9-13(21(23)24)6-7-17(12)27-2/h3-9H,10H2,1-2H3,(H,19,20). The average molecular weight is 368 g/mol. The highest BCUT2D eigenvalue weighted by Gasteiger charge is 2.16. The van der Waals surface area contributed by atoms with Gasteiger partial charge in [-0.25, -0.2) is 4.98 Å². The highest BCUT2D eigenvalue weighted by molar-refractivity contribution is 5.96. The number of ether oxygens (including phenoxy) is 1. The van der Waals surface area contributed by atoms with Crippen LogP contribution in [0, 0.1) is 27.2 Å². The van der Waals surface area contributed by atoms with E-state index in [1.54, 1.807) is 25.1 Å². The van der Waals surface area contributed by atoms with E-state index in [-0.39, 0.29) is 23.4 Å². The van der Waals surface area contributed by atoms with Crippen LogP contribution >= 0.6 is 0 Å². The number of nitrogens with one attached hydrogen (secondary N) is 1. The maximum Gasteiger partial charge on any atom is 0.295 e. The molecule has 0 amide bonds. The quantitative estimate of drug-likeness (QED) is 0.516. The lowest BCUT2D eigenvalue weighted by atomic mass is 10.1. The van der Waals surface area contributed by atoms with Crippen LogP contribution in [0.25, 0.3) is 10.9 Å². The molecular formula is C18H16N4O5. The lowest BCUT2D eigenvalue weighted by Gasteiger charge is -2.13. The summed E-state index contributed by atoms with van der Waals surface area (Å²) in [7, 11) is 1.49. The van der Waals surface area contributed by atoms with E-state index in [1.807, 2.05) is 0 Å². The summed E-state index contributed by atoms with van der Waals surface area (Å²) in [6, 6.07) is 10.9. The number of aromatic nitrogens is 1. The summed E-state index contributed by atoms with van der Waals surface area (Å²) in [5, 5.41) is 26.1. The number of anilines is 1. The molecule has 0 fully saturated rings. The maximum atomic E-state index is 11.3. The molecule has 0 aliphatic rings. The first-order chi connectivity index (χ1) is 12.9. The molecule has 0 unspecified atom stereocenters. The lowest BCUT2D eigenvalue weighted by molar-refractivity contribution is -0.384.